The number of carboxylic acid groups (broad SMARTS) is 1. The summed E-state index contributed by atoms with van der Waals surface area (Å²) in [4.78, 5) is 32.2. The Balaban J connectivity index is 1.62. The van der Waals surface area contributed by atoms with Crippen LogP contribution in [0, 0.1) is 23.4 Å². The number of hydrogen-bond acceptors (Lipinski definition) is 4. The molecule has 0 saturated heterocycles. The molecule has 37 heavy (non-hydrogen) atoms. The highest BCUT2D eigenvalue weighted by Crippen LogP contribution is 2.39. The summed E-state index contributed by atoms with van der Waals surface area (Å²) in [7, 11) is 0. The molecular weight excluding hydrogens is 485 g/mol. The summed E-state index contributed by atoms with van der Waals surface area (Å²) < 4.78 is 43.8. The molecule has 192 valence electrons. The number of pyridine rings is 2. The summed E-state index contributed by atoms with van der Waals surface area (Å²) in [6.07, 6.45) is 5.23. The fourth-order valence-electron chi connectivity index (χ4n) is 4.88. The number of benzene rings is 1. The Bertz CT molecular complexity index is 1340. The van der Waals surface area contributed by atoms with E-state index in [9.17, 15) is 22.8 Å². The molecule has 1 saturated carbocycles. The van der Waals surface area contributed by atoms with Gasteiger partial charge in [0, 0.05) is 12.2 Å². The Morgan fingerprint density at radius 2 is 1.81 bits per heavy atom. The average Bonchev–Trinajstić information content (AvgIpc) is 2.84. The summed E-state index contributed by atoms with van der Waals surface area (Å²) in [5.41, 5.74) is -0.232. The number of nitrogens with zero attached hydrogens (tertiary/aromatic N) is 2. The average molecular weight is 511 g/mol. The minimum absolute atomic E-state index is 0.0535. The lowest BCUT2D eigenvalue weighted by Crippen LogP contribution is -2.39. The Morgan fingerprint density at radius 1 is 1.08 bits per heavy atom. The predicted molar refractivity (Wildman–Crippen MR) is 133 cm³/mol. The van der Waals surface area contributed by atoms with Crippen LogP contribution in [0.2, 0.25) is 0 Å². The first kappa shape index (κ1) is 25.9. The van der Waals surface area contributed by atoms with Crippen LogP contribution in [0.1, 0.15) is 53.7 Å². The maximum absolute atomic E-state index is 14.6. The van der Waals surface area contributed by atoms with Crippen molar-refractivity contribution in [2.75, 3.05) is 5.32 Å². The first-order valence-corrected chi connectivity index (χ1v) is 11.7. The van der Waals surface area contributed by atoms with E-state index in [2.05, 4.69) is 27.2 Å². The van der Waals surface area contributed by atoms with Gasteiger partial charge in [0.05, 0.1) is 17.4 Å². The lowest BCUT2D eigenvalue weighted by atomic mass is 9.76. The lowest BCUT2D eigenvalue weighted by Gasteiger charge is -2.34. The van der Waals surface area contributed by atoms with Crippen LogP contribution in [0.5, 0.6) is 0 Å². The van der Waals surface area contributed by atoms with Crippen LogP contribution in [0.15, 0.2) is 49.3 Å². The van der Waals surface area contributed by atoms with Crippen LogP contribution in [0.4, 0.5) is 23.7 Å². The number of halogens is 3. The van der Waals surface area contributed by atoms with Gasteiger partial charge in [-0.2, -0.15) is 0 Å². The molecule has 1 aliphatic rings. The molecule has 0 unspecified atom stereocenters. The van der Waals surface area contributed by atoms with Crippen LogP contribution in [0.3, 0.4) is 0 Å². The topological polar surface area (TPSA) is 104 Å². The normalized spacial score (nSPS) is 19.2. The Hall–Kier alpha value is -4.21. The molecule has 0 aliphatic heterocycles. The van der Waals surface area contributed by atoms with Crippen LogP contribution < -0.4 is 10.6 Å². The van der Waals surface area contributed by atoms with Crippen molar-refractivity contribution in [1.82, 2.24) is 15.3 Å². The molecule has 2 heterocycles. The molecule has 3 aromatic rings. The minimum Gasteiger partial charge on any atom is -0.465 e. The van der Waals surface area contributed by atoms with Crippen molar-refractivity contribution in [3.05, 3.63) is 83.6 Å². The van der Waals surface area contributed by atoms with Crippen molar-refractivity contribution in [3.63, 3.8) is 0 Å². The third-order valence-electron chi connectivity index (χ3n) is 6.43. The number of rotatable bonds is 6. The smallest absolute Gasteiger partial charge is 0.404 e. The third-order valence-corrected chi connectivity index (χ3v) is 6.43. The summed E-state index contributed by atoms with van der Waals surface area (Å²) in [5.74, 6) is -3.60. The van der Waals surface area contributed by atoms with Crippen molar-refractivity contribution in [3.8, 4) is 11.3 Å². The molecule has 2 aromatic heterocycles. The van der Waals surface area contributed by atoms with Crippen LogP contribution in [-0.4, -0.2) is 33.1 Å². The molecule has 0 spiro atoms. The van der Waals surface area contributed by atoms with Crippen LogP contribution >= 0.6 is 0 Å². The largest absolute Gasteiger partial charge is 0.465 e. The molecular formula is C27H25F3N4O3. The van der Waals surface area contributed by atoms with Gasteiger partial charge in [-0.1, -0.05) is 19.6 Å². The summed E-state index contributed by atoms with van der Waals surface area (Å²) in [6, 6.07) is 5.56. The molecule has 3 atom stereocenters. The molecule has 1 aromatic carbocycles. The second-order valence-electron chi connectivity index (χ2n) is 9.16. The van der Waals surface area contributed by atoms with Gasteiger partial charge < -0.3 is 15.7 Å². The van der Waals surface area contributed by atoms with Crippen molar-refractivity contribution >= 4 is 23.8 Å². The van der Waals surface area contributed by atoms with Crippen LogP contribution in [-0.2, 0) is 0 Å². The van der Waals surface area contributed by atoms with Crippen molar-refractivity contribution in [2.45, 2.75) is 38.1 Å². The predicted octanol–water partition coefficient (Wildman–Crippen LogP) is 6.00. The molecule has 1 aliphatic carbocycles. The molecule has 4 rings (SSSR count). The quantitative estimate of drug-likeness (QED) is 0.378. The molecule has 1 fully saturated rings. The summed E-state index contributed by atoms with van der Waals surface area (Å²) >= 11 is 0. The van der Waals surface area contributed by atoms with E-state index in [1.54, 1.807) is 12.3 Å². The van der Waals surface area contributed by atoms with Crippen molar-refractivity contribution in [2.24, 2.45) is 5.92 Å². The molecule has 10 heteroatoms. The number of amides is 2. The summed E-state index contributed by atoms with van der Waals surface area (Å²) in [5, 5.41) is 14.4. The van der Waals surface area contributed by atoms with Gasteiger partial charge in [-0.15, -0.1) is 0 Å². The number of nitrogens with one attached hydrogen (secondary N) is 2. The highest BCUT2D eigenvalue weighted by molar-refractivity contribution is 6.03. The summed E-state index contributed by atoms with van der Waals surface area (Å²) in [6.45, 7) is 5.49. The molecule has 3 N–H and O–H groups in total. The van der Waals surface area contributed by atoms with Gasteiger partial charge in [0.2, 0.25) is 0 Å². The van der Waals surface area contributed by atoms with Crippen molar-refractivity contribution < 1.29 is 27.9 Å². The van der Waals surface area contributed by atoms with E-state index >= 15 is 0 Å². The van der Waals surface area contributed by atoms with Crippen molar-refractivity contribution in [1.29, 1.82) is 0 Å². The Labute approximate surface area is 211 Å². The standard InChI is InChI=1S/C27H25F3N4O3/c1-3-15-10-20(29)24(21(30)11-15)25-19(28)4-5-22(33-25)26(35)34-23-13-31-7-6-18(23)16-8-14(2)9-17(12-16)32-27(36)37/h3-7,10-11,13-14,16-17,32H,1,8-9,12H2,2H3,(H,34,35)(H,36,37)/t14-,16+,17-/m0/s1. The Kier molecular flexibility index (Phi) is 7.56. The first-order chi connectivity index (χ1) is 17.7. The molecule has 0 bridgehead atoms. The SMILES string of the molecule is C=Cc1cc(F)c(-c2nc(C(=O)Nc3cnccc3[C@@H]3C[C@H](C)C[C@H](NC(=O)O)C3)ccc2F)c(F)c1. The van der Waals surface area contributed by atoms with Gasteiger partial charge in [0.25, 0.3) is 5.91 Å². The highest BCUT2D eigenvalue weighted by atomic mass is 19.1. The van der Waals surface area contributed by atoms with Gasteiger partial charge >= 0.3 is 6.09 Å². The maximum atomic E-state index is 14.6. The fraction of sp³-hybridized carbons (Fsp3) is 0.259. The van der Waals surface area contributed by atoms with E-state index in [-0.39, 0.29) is 29.1 Å². The van der Waals surface area contributed by atoms with Gasteiger partial charge in [-0.3, -0.25) is 9.78 Å². The van der Waals surface area contributed by atoms with Gasteiger partial charge in [0.1, 0.15) is 28.8 Å². The van der Waals surface area contributed by atoms with E-state index in [0.717, 1.165) is 36.2 Å². The molecule has 2 amide bonds. The van der Waals surface area contributed by atoms with E-state index in [0.29, 0.717) is 18.5 Å². The van der Waals surface area contributed by atoms with Gasteiger partial charge in [-0.05, 0) is 72.6 Å². The zero-order chi connectivity index (χ0) is 26.7. The minimum atomic E-state index is -1.09. The maximum Gasteiger partial charge on any atom is 0.404 e. The first-order valence-electron chi connectivity index (χ1n) is 11.7. The van der Waals surface area contributed by atoms with E-state index in [1.807, 2.05) is 6.92 Å². The Morgan fingerprint density at radius 3 is 2.49 bits per heavy atom. The number of hydrogen-bond donors (Lipinski definition) is 3. The number of carbonyl (C=O) groups excluding carboxylic acids is 1. The van der Waals surface area contributed by atoms with E-state index in [1.165, 1.54) is 12.3 Å². The highest BCUT2D eigenvalue weighted by Gasteiger charge is 2.30. The number of aromatic nitrogens is 2. The fourth-order valence-corrected chi connectivity index (χ4v) is 4.88. The molecule has 0 radical (unpaired) electrons. The number of anilines is 1. The third kappa shape index (κ3) is 5.79. The van der Waals surface area contributed by atoms with Gasteiger partial charge in [-0.25, -0.2) is 22.9 Å². The zero-order valence-corrected chi connectivity index (χ0v) is 20.0. The number of carbonyl (C=O) groups is 2. The zero-order valence-electron chi connectivity index (χ0n) is 20.0. The monoisotopic (exact) mass is 510 g/mol. The lowest BCUT2D eigenvalue weighted by molar-refractivity contribution is 0.102. The second-order valence-corrected chi connectivity index (χ2v) is 9.16. The van der Waals surface area contributed by atoms with Gasteiger partial charge in [0.15, 0.2) is 0 Å². The second kappa shape index (κ2) is 10.8. The molecule has 7 nitrogen and oxygen atoms in total. The van der Waals surface area contributed by atoms with E-state index in [4.69, 9.17) is 5.11 Å². The van der Waals surface area contributed by atoms with Crippen LogP contribution in [0.25, 0.3) is 17.3 Å². The van der Waals surface area contributed by atoms with E-state index < -0.39 is 40.7 Å².